The smallest absolute Gasteiger partial charge is 0.272 e. The third kappa shape index (κ3) is 3.11. The number of rotatable bonds is 4. The van der Waals surface area contributed by atoms with Crippen molar-refractivity contribution in [3.63, 3.8) is 0 Å². The van der Waals surface area contributed by atoms with Crippen molar-refractivity contribution in [2.75, 3.05) is 19.8 Å². The molecule has 1 aromatic carbocycles. The van der Waals surface area contributed by atoms with Crippen molar-refractivity contribution in [3.8, 4) is 0 Å². The van der Waals surface area contributed by atoms with Crippen LogP contribution >= 0.6 is 0 Å². The van der Waals surface area contributed by atoms with Crippen LogP contribution < -0.4 is 10.9 Å². The Morgan fingerprint density at radius 3 is 2.95 bits per heavy atom. The van der Waals surface area contributed by atoms with E-state index >= 15 is 0 Å². The first kappa shape index (κ1) is 13.8. The van der Waals surface area contributed by atoms with Gasteiger partial charge in [0.2, 0.25) is 5.91 Å². The number of nitrogens with one attached hydrogen (secondary N) is 2. The number of aromatic amines is 1. The van der Waals surface area contributed by atoms with Crippen molar-refractivity contribution in [1.29, 1.82) is 0 Å². The Labute approximate surface area is 121 Å². The first-order valence-corrected chi connectivity index (χ1v) is 7.05. The lowest BCUT2D eigenvalue weighted by Gasteiger charge is -2.10. The summed E-state index contributed by atoms with van der Waals surface area (Å²) in [4.78, 5) is 23.7. The van der Waals surface area contributed by atoms with Gasteiger partial charge in [0.15, 0.2) is 0 Å². The minimum Gasteiger partial charge on any atom is -0.381 e. The topological polar surface area (TPSA) is 84.1 Å². The van der Waals surface area contributed by atoms with E-state index in [-0.39, 0.29) is 17.9 Å². The molecule has 6 nitrogen and oxygen atoms in total. The van der Waals surface area contributed by atoms with Gasteiger partial charge in [0.1, 0.15) is 0 Å². The van der Waals surface area contributed by atoms with E-state index in [1.165, 1.54) is 0 Å². The average Bonchev–Trinajstić information content (AvgIpc) is 3.02. The molecule has 0 aliphatic carbocycles. The zero-order valence-electron chi connectivity index (χ0n) is 11.6. The van der Waals surface area contributed by atoms with E-state index in [1.807, 2.05) is 12.1 Å². The number of hydrogen-bond acceptors (Lipinski definition) is 4. The number of benzene rings is 1. The first-order valence-electron chi connectivity index (χ1n) is 7.05. The van der Waals surface area contributed by atoms with Crippen LogP contribution in [-0.4, -0.2) is 35.9 Å². The van der Waals surface area contributed by atoms with Gasteiger partial charge in [-0.25, -0.2) is 5.10 Å². The van der Waals surface area contributed by atoms with Crippen molar-refractivity contribution in [2.45, 2.75) is 12.8 Å². The highest BCUT2D eigenvalue weighted by Gasteiger charge is 2.17. The molecule has 1 amide bonds. The van der Waals surface area contributed by atoms with Crippen LogP contribution in [0.3, 0.4) is 0 Å². The number of aromatic nitrogens is 2. The van der Waals surface area contributed by atoms with E-state index in [9.17, 15) is 9.59 Å². The Morgan fingerprint density at radius 1 is 1.38 bits per heavy atom. The van der Waals surface area contributed by atoms with Gasteiger partial charge in [-0.15, -0.1) is 0 Å². The van der Waals surface area contributed by atoms with Gasteiger partial charge in [-0.3, -0.25) is 9.59 Å². The minimum atomic E-state index is -0.238. The highest BCUT2D eigenvalue weighted by molar-refractivity contribution is 5.88. The molecule has 0 spiro atoms. The van der Waals surface area contributed by atoms with E-state index in [4.69, 9.17) is 4.74 Å². The third-order valence-electron chi connectivity index (χ3n) is 3.71. The van der Waals surface area contributed by atoms with Gasteiger partial charge in [-0.05, 0) is 12.5 Å². The maximum absolute atomic E-state index is 12.0. The first-order chi connectivity index (χ1) is 10.2. The summed E-state index contributed by atoms with van der Waals surface area (Å²) in [5, 5.41) is 10.6. The van der Waals surface area contributed by atoms with Gasteiger partial charge >= 0.3 is 0 Å². The summed E-state index contributed by atoms with van der Waals surface area (Å²) in [5.41, 5.74) is 0.350. The molecule has 1 aliphatic rings. The molecule has 1 atom stereocenters. The lowest BCUT2D eigenvalue weighted by molar-refractivity contribution is -0.120. The molecule has 110 valence electrons. The molecule has 2 aromatic rings. The molecule has 0 bridgehead atoms. The summed E-state index contributed by atoms with van der Waals surface area (Å²) in [6.45, 7) is 2.10. The lowest BCUT2D eigenvalue weighted by atomic mass is 10.1. The van der Waals surface area contributed by atoms with Gasteiger partial charge in [-0.2, -0.15) is 5.10 Å². The Morgan fingerprint density at radius 2 is 2.19 bits per heavy atom. The molecule has 1 aliphatic heterocycles. The van der Waals surface area contributed by atoms with Crippen LogP contribution in [0.25, 0.3) is 10.8 Å². The van der Waals surface area contributed by atoms with Crippen molar-refractivity contribution < 1.29 is 9.53 Å². The van der Waals surface area contributed by atoms with Crippen molar-refractivity contribution in [1.82, 2.24) is 15.5 Å². The Hall–Kier alpha value is -2.21. The maximum Gasteiger partial charge on any atom is 0.272 e. The Kier molecular flexibility index (Phi) is 3.96. The predicted molar refractivity (Wildman–Crippen MR) is 78.0 cm³/mol. The SMILES string of the molecule is O=C(Cc1n[nH]c(=O)c2ccccc12)NC[C@@H]1CCOC1. The fourth-order valence-corrected chi connectivity index (χ4v) is 2.52. The van der Waals surface area contributed by atoms with Crippen LogP contribution in [-0.2, 0) is 16.0 Å². The predicted octanol–water partition coefficient (Wildman–Crippen LogP) is 0.618. The lowest BCUT2D eigenvalue weighted by Crippen LogP contribution is -2.31. The van der Waals surface area contributed by atoms with E-state index < -0.39 is 0 Å². The molecule has 0 unspecified atom stereocenters. The van der Waals surface area contributed by atoms with Crippen LogP contribution in [0.4, 0.5) is 0 Å². The number of amides is 1. The van der Waals surface area contributed by atoms with Crippen LogP contribution in [0.2, 0.25) is 0 Å². The quantitative estimate of drug-likeness (QED) is 0.863. The molecule has 1 saturated heterocycles. The number of ether oxygens (including phenoxy) is 1. The van der Waals surface area contributed by atoms with Crippen LogP contribution in [0.1, 0.15) is 12.1 Å². The van der Waals surface area contributed by atoms with E-state index in [1.54, 1.807) is 12.1 Å². The van der Waals surface area contributed by atoms with Crippen molar-refractivity contribution >= 4 is 16.7 Å². The molecule has 0 saturated carbocycles. The van der Waals surface area contributed by atoms with E-state index in [0.29, 0.717) is 30.1 Å². The number of nitrogens with zero attached hydrogens (tertiary/aromatic N) is 1. The highest BCUT2D eigenvalue weighted by Crippen LogP contribution is 2.13. The molecular formula is C15H17N3O3. The number of carbonyl (C=O) groups is 1. The second-order valence-electron chi connectivity index (χ2n) is 5.26. The maximum atomic E-state index is 12.0. The summed E-state index contributed by atoms with van der Waals surface area (Å²) in [6, 6.07) is 7.17. The fraction of sp³-hybridized carbons (Fsp3) is 0.400. The molecule has 3 rings (SSSR count). The summed E-state index contributed by atoms with van der Waals surface area (Å²) in [5.74, 6) is 0.306. The minimum absolute atomic E-state index is 0.0911. The van der Waals surface area contributed by atoms with E-state index in [2.05, 4.69) is 15.5 Å². The molecular weight excluding hydrogens is 270 g/mol. The van der Waals surface area contributed by atoms with Crippen molar-refractivity contribution in [3.05, 3.63) is 40.3 Å². The second-order valence-corrected chi connectivity index (χ2v) is 5.26. The number of H-pyrrole nitrogens is 1. The molecule has 1 fully saturated rings. The third-order valence-corrected chi connectivity index (χ3v) is 3.71. The molecule has 21 heavy (non-hydrogen) atoms. The molecule has 6 heteroatoms. The van der Waals surface area contributed by atoms with Gasteiger partial charge in [0.05, 0.1) is 24.1 Å². The summed E-state index contributed by atoms with van der Waals surface area (Å²) >= 11 is 0. The monoisotopic (exact) mass is 287 g/mol. The van der Waals surface area contributed by atoms with Crippen LogP contribution in [0.15, 0.2) is 29.1 Å². The Balaban J connectivity index is 1.71. The molecule has 1 aromatic heterocycles. The fourth-order valence-electron chi connectivity index (χ4n) is 2.52. The zero-order valence-corrected chi connectivity index (χ0v) is 11.6. The van der Waals surface area contributed by atoms with E-state index in [0.717, 1.165) is 18.4 Å². The van der Waals surface area contributed by atoms with Gasteiger partial charge < -0.3 is 10.1 Å². The summed E-state index contributed by atoms with van der Waals surface area (Å²) in [7, 11) is 0. The van der Waals surface area contributed by atoms with Crippen LogP contribution in [0.5, 0.6) is 0 Å². The number of carbonyl (C=O) groups excluding carboxylic acids is 1. The molecule has 2 N–H and O–H groups in total. The second kappa shape index (κ2) is 6.05. The van der Waals surface area contributed by atoms with Gasteiger partial charge in [0, 0.05) is 24.5 Å². The van der Waals surface area contributed by atoms with Gasteiger partial charge in [-0.1, -0.05) is 18.2 Å². The standard InChI is InChI=1S/C15H17N3O3/c19-14(16-8-10-5-6-21-9-10)7-13-11-3-1-2-4-12(11)15(20)18-17-13/h1-4,10H,5-9H2,(H,16,19)(H,18,20)/t10-/m0/s1. The largest absolute Gasteiger partial charge is 0.381 e. The average molecular weight is 287 g/mol. The summed E-state index contributed by atoms with van der Waals surface area (Å²) in [6.07, 6.45) is 1.14. The van der Waals surface area contributed by atoms with Gasteiger partial charge in [0.25, 0.3) is 5.56 Å². The zero-order chi connectivity index (χ0) is 14.7. The number of fused-ring (bicyclic) bond motifs is 1. The number of hydrogen-bond donors (Lipinski definition) is 2. The Bertz CT molecular complexity index is 705. The van der Waals surface area contributed by atoms with Crippen LogP contribution in [0, 0.1) is 5.92 Å². The molecule has 0 radical (unpaired) electrons. The highest BCUT2D eigenvalue weighted by atomic mass is 16.5. The normalized spacial score (nSPS) is 18.0. The summed E-state index contributed by atoms with van der Waals surface area (Å²) < 4.78 is 5.28. The molecule has 2 heterocycles. The van der Waals surface area contributed by atoms with Crippen molar-refractivity contribution in [2.24, 2.45) is 5.92 Å².